The standard InChI is InChI=1S/C14H16FN5/c1-4-10-12-13(19(3)18-10)20(14(16)17-12)11-7-8(2)5-6-9(11)15/h5-7H,4H2,1-3H3,(H2,16,17). The molecular formula is C14H16FN5. The Morgan fingerprint density at radius 3 is 2.80 bits per heavy atom. The first-order valence-electron chi connectivity index (χ1n) is 6.49. The topological polar surface area (TPSA) is 61.7 Å². The number of benzene rings is 1. The van der Waals surface area contributed by atoms with Gasteiger partial charge in [-0.25, -0.2) is 14.1 Å². The summed E-state index contributed by atoms with van der Waals surface area (Å²) in [6.07, 6.45) is 0.754. The van der Waals surface area contributed by atoms with Crippen LogP contribution in [0.1, 0.15) is 18.2 Å². The zero-order valence-electron chi connectivity index (χ0n) is 11.7. The Bertz CT molecular complexity index is 800. The molecule has 0 aliphatic carbocycles. The van der Waals surface area contributed by atoms with E-state index in [9.17, 15) is 4.39 Å². The summed E-state index contributed by atoms with van der Waals surface area (Å²) in [6.45, 7) is 3.91. The molecule has 3 rings (SSSR count). The number of rotatable bonds is 2. The highest BCUT2D eigenvalue weighted by atomic mass is 19.1. The van der Waals surface area contributed by atoms with Crippen LogP contribution in [0, 0.1) is 12.7 Å². The molecule has 0 radical (unpaired) electrons. The van der Waals surface area contributed by atoms with Crippen LogP contribution in [0.3, 0.4) is 0 Å². The molecule has 2 N–H and O–H groups in total. The first kappa shape index (κ1) is 12.7. The van der Waals surface area contributed by atoms with Crippen molar-refractivity contribution in [2.45, 2.75) is 20.3 Å². The highest BCUT2D eigenvalue weighted by Crippen LogP contribution is 2.27. The lowest BCUT2D eigenvalue weighted by molar-refractivity contribution is 0.617. The van der Waals surface area contributed by atoms with Crippen LogP contribution in [-0.4, -0.2) is 19.3 Å². The van der Waals surface area contributed by atoms with Gasteiger partial charge in [0.05, 0.1) is 11.4 Å². The summed E-state index contributed by atoms with van der Waals surface area (Å²) >= 11 is 0. The molecule has 0 unspecified atom stereocenters. The molecule has 0 saturated carbocycles. The van der Waals surface area contributed by atoms with Crippen molar-refractivity contribution < 1.29 is 4.39 Å². The number of anilines is 1. The molecule has 0 saturated heterocycles. The van der Waals surface area contributed by atoms with Crippen LogP contribution in [0.5, 0.6) is 0 Å². The van der Waals surface area contributed by atoms with Crippen LogP contribution in [0.4, 0.5) is 10.3 Å². The fourth-order valence-electron chi connectivity index (χ4n) is 2.47. The molecule has 0 atom stereocenters. The molecule has 0 fully saturated rings. The van der Waals surface area contributed by atoms with E-state index in [0.717, 1.165) is 23.2 Å². The second kappa shape index (κ2) is 4.33. The number of nitrogens with two attached hydrogens (primary N) is 1. The molecule has 0 bridgehead atoms. The normalized spacial score (nSPS) is 11.4. The van der Waals surface area contributed by atoms with Crippen LogP contribution >= 0.6 is 0 Å². The number of hydrogen-bond donors (Lipinski definition) is 1. The number of fused-ring (bicyclic) bond motifs is 1. The van der Waals surface area contributed by atoms with E-state index < -0.39 is 0 Å². The number of nitrogens with zero attached hydrogens (tertiary/aromatic N) is 4. The number of hydrogen-bond acceptors (Lipinski definition) is 3. The van der Waals surface area contributed by atoms with Crippen molar-refractivity contribution in [3.8, 4) is 5.69 Å². The summed E-state index contributed by atoms with van der Waals surface area (Å²) in [5.41, 5.74) is 9.65. The maximum absolute atomic E-state index is 14.1. The maximum atomic E-state index is 14.1. The fourth-order valence-corrected chi connectivity index (χ4v) is 2.47. The Kier molecular flexibility index (Phi) is 2.74. The molecule has 3 aromatic rings. The minimum atomic E-state index is -0.333. The van der Waals surface area contributed by atoms with Gasteiger partial charge in [-0.05, 0) is 31.0 Å². The number of imidazole rings is 1. The number of aromatic nitrogens is 4. The smallest absolute Gasteiger partial charge is 0.207 e. The quantitative estimate of drug-likeness (QED) is 0.779. The third-order valence-corrected chi connectivity index (χ3v) is 3.41. The molecule has 0 spiro atoms. The predicted molar refractivity (Wildman–Crippen MR) is 76.3 cm³/mol. The van der Waals surface area contributed by atoms with Gasteiger partial charge in [-0.15, -0.1) is 0 Å². The molecule has 0 aliphatic heterocycles. The lowest BCUT2D eigenvalue weighted by Gasteiger charge is -2.09. The summed E-state index contributed by atoms with van der Waals surface area (Å²) in [7, 11) is 1.81. The highest BCUT2D eigenvalue weighted by Gasteiger charge is 2.19. The van der Waals surface area contributed by atoms with Crippen LogP contribution in [0.25, 0.3) is 16.9 Å². The molecule has 1 aromatic carbocycles. The van der Waals surface area contributed by atoms with Crippen molar-refractivity contribution in [1.82, 2.24) is 19.3 Å². The van der Waals surface area contributed by atoms with Gasteiger partial charge in [0, 0.05) is 7.05 Å². The van der Waals surface area contributed by atoms with Crippen LogP contribution < -0.4 is 5.73 Å². The number of aryl methyl sites for hydroxylation is 3. The van der Waals surface area contributed by atoms with E-state index in [2.05, 4.69) is 10.1 Å². The molecule has 20 heavy (non-hydrogen) atoms. The maximum Gasteiger partial charge on any atom is 0.207 e. The predicted octanol–water partition coefficient (Wildman–Crippen LogP) is 2.35. The van der Waals surface area contributed by atoms with Gasteiger partial charge in [-0.3, -0.25) is 4.57 Å². The first-order chi connectivity index (χ1) is 9.52. The van der Waals surface area contributed by atoms with Gasteiger partial charge < -0.3 is 5.73 Å². The minimum absolute atomic E-state index is 0.271. The second-order valence-corrected chi connectivity index (χ2v) is 4.86. The van der Waals surface area contributed by atoms with E-state index >= 15 is 0 Å². The zero-order chi connectivity index (χ0) is 14.4. The van der Waals surface area contributed by atoms with Gasteiger partial charge in [-0.1, -0.05) is 13.0 Å². The molecule has 2 heterocycles. The van der Waals surface area contributed by atoms with E-state index in [1.807, 2.05) is 20.9 Å². The van der Waals surface area contributed by atoms with Gasteiger partial charge in [0.15, 0.2) is 5.65 Å². The van der Waals surface area contributed by atoms with Gasteiger partial charge in [0.25, 0.3) is 0 Å². The Morgan fingerprint density at radius 2 is 2.10 bits per heavy atom. The van der Waals surface area contributed by atoms with Crippen molar-refractivity contribution in [1.29, 1.82) is 0 Å². The van der Waals surface area contributed by atoms with Crippen LogP contribution in [-0.2, 0) is 13.5 Å². The molecule has 2 aromatic heterocycles. The lowest BCUT2D eigenvalue weighted by atomic mass is 10.2. The Balaban J connectivity index is 2.39. The number of nitrogen functional groups attached to an aromatic ring is 1. The zero-order valence-corrected chi connectivity index (χ0v) is 11.7. The highest BCUT2D eigenvalue weighted by molar-refractivity contribution is 5.80. The fraction of sp³-hybridized carbons (Fsp3) is 0.286. The summed E-state index contributed by atoms with van der Waals surface area (Å²) in [5.74, 6) is -0.0620. The number of halogens is 1. The SMILES string of the molecule is CCc1nn(C)c2c1nc(N)n2-c1cc(C)ccc1F. The summed E-state index contributed by atoms with van der Waals surface area (Å²) < 4.78 is 17.4. The second-order valence-electron chi connectivity index (χ2n) is 4.86. The molecule has 0 amide bonds. The van der Waals surface area contributed by atoms with Crippen molar-refractivity contribution in [2.24, 2.45) is 7.05 Å². The van der Waals surface area contributed by atoms with E-state index in [4.69, 9.17) is 5.73 Å². The van der Waals surface area contributed by atoms with Gasteiger partial charge in [-0.2, -0.15) is 5.10 Å². The van der Waals surface area contributed by atoms with E-state index in [1.54, 1.807) is 21.4 Å². The third kappa shape index (κ3) is 1.68. The van der Waals surface area contributed by atoms with Crippen molar-refractivity contribution in [3.63, 3.8) is 0 Å². The molecule has 0 aliphatic rings. The summed E-state index contributed by atoms with van der Waals surface area (Å²) in [6, 6.07) is 4.92. The summed E-state index contributed by atoms with van der Waals surface area (Å²) in [4.78, 5) is 4.34. The van der Waals surface area contributed by atoms with Crippen molar-refractivity contribution in [2.75, 3.05) is 5.73 Å². The first-order valence-corrected chi connectivity index (χ1v) is 6.49. The van der Waals surface area contributed by atoms with E-state index in [0.29, 0.717) is 11.3 Å². The van der Waals surface area contributed by atoms with Crippen molar-refractivity contribution in [3.05, 3.63) is 35.3 Å². The van der Waals surface area contributed by atoms with Gasteiger partial charge in [0.2, 0.25) is 5.95 Å². The molecular weight excluding hydrogens is 257 g/mol. The minimum Gasteiger partial charge on any atom is -0.369 e. The van der Waals surface area contributed by atoms with Gasteiger partial charge >= 0.3 is 0 Å². The Labute approximate surface area is 115 Å². The Morgan fingerprint density at radius 1 is 1.35 bits per heavy atom. The monoisotopic (exact) mass is 273 g/mol. The Hall–Kier alpha value is -2.37. The summed E-state index contributed by atoms with van der Waals surface area (Å²) in [5, 5.41) is 4.40. The average molecular weight is 273 g/mol. The molecule has 5 nitrogen and oxygen atoms in total. The average Bonchev–Trinajstić information content (AvgIpc) is 2.90. The molecule has 104 valence electrons. The van der Waals surface area contributed by atoms with Crippen LogP contribution in [0.15, 0.2) is 18.2 Å². The largest absolute Gasteiger partial charge is 0.369 e. The molecule has 6 heteroatoms. The van der Waals surface area contributed by atoms with E-state index in [-0.39, 0.29) is 11.8 Å². The van der Waals surface area contributed by atoms with Crippen LogP contribution in [0.2, 0.25) is 0 Å². The van der Waals surface area contributed by atoms with Gasteiger partial charge in [0.1, 0.15) is 11.3 Å². The lowest BCUT2D eigenvalue weighted by Crippen LogP contribution is -2.07. The van der Waals surface area contributed by atoms with E-state index in [1.165, 1.54) is 6.07 Å². The van der Waals surface area contributed by atoms with Crippen molar-refractivity contribution >= 4 is 17.1 Å². The third-order valence-electron chi connectivity index (χ3n) is 3.41.